The lowest BCUT2D eigenvalue weighted by atomic mass is 9.78. The smallest absolute Gasteiger partial charge is 0.251 e. The Morgan fingerprint density at radius 1 is 1.09 bits per heavy atom. The molecule has 4 aliphatic heterocycles. The van der Waals surface area contributed by atoms with E-state index in [4.69, 9.17) is 0 Å². The van der Waals surface area contributed by atoms with Gasteiger partial charge in [-0.25, -0.2) is 0 Å². The quantitative estimate of drug-likeness (QED) is 0.682. The monoisotopic (exact) mass is 467 g/mol. The Balaban J connectivity index is 1.64. The normalized spacial score (nSPS) is 33.2. The molecule has 1 unspecified atom stereocenters. The van der Waals surface area contributed by atoms with Gasteiger partial charge in [-0.15, -0.1) is 11.8 Å². The van der Waals surface area contributed by atoms with Gasteiger partial charge in [0.2, 0.25) is 11.8 Å². The minimum absolute atomic E-state index is 0.0613. The van der Waals surface area contributed by atoms with E-state index < -0.39 is 22.6 Å². The number of hydrogen-bond acceptors (Lipinski definition) is 5. The second kappa shape index (κ2) is 8.02. The number of aliphatic hydroxyl groups is 1. The summed E-state index contributed by atoms with van der Waals surface area (Å²) in [7, 11) is 1.75. The van der Waals surface area contributed by atoms with E-state index in [0.29, 0.717) is 13.1 Å². The van der Waals surface area contributed by atoms with Crippen LogP contribution in [0.5, 0.6) is 0 Å². The number of hydrogen-bond donors (Lipinski definition) is 1. The van der Waals surface area contributed by atoms with Gasteiger partial charge in [-0.2, -0.15) is 0 Å². The highest BCUT2D eigenvalue weighted by molar-refractivity contribution is 8.02. The van der Waals surface area contributed by atoms with E-state index in [1.807, 2.05) is 56.4 Å². The summed E-state index contributed by atoms with van der Waals surface area (Å²) >= 11 is 1.56. The largest absolute Gasteiger partial charge is 0.395 e. The van der Waals surface area contributed by atoms with E-state index in [0.717, 1.165) is 16.8 Å². The van der Waals surface area contributed by atoms with Crippen molar-refractivity contribution in [3.8, 4) is 0 Å². The number of aryl methyl sites for hydroxylation is 2. The Bertz CT molecular complexity index is 1090. The lowest BCUT2D eigenvalue weighted by Gasteiger charge is -2.35. The van der Waals surface area contributed by atoms with Crippen LogP contribution >= 0.6 is 11.8 Å². The fourth-order valence-electron chi connectivity index (χ4n) is 5.84. The maximum absolute atomic E-state index is 14.2. The summed E-state index contributed by atoms with van der Waals surface area (Å²) in [6.07, 6.45) is 7.97. The molecule has 2 saturated heterocycles. The third-order valence-electron chi connectivity index (χ3n) is 7.36. The van der Waals surface area contributed by atoms with Crippen LogP contribution in [0.4, 0.5) is 5.69 Å². The minimum atomic E-state index is -0.844. The Hall–Kier alpha value is -2.58. The zero-order valence-electron chi connectivity index (χ0n) is 19.1. The molecule has 5 rings (SSSR count). The molecule has 1 N–H and O–H groups in total. The summed E-state index contributed by atoms with van der Waals surface area (Å²) in [5, 5.41) is 9.59. The van der Waals surface area contributed by atoms with Crippen LogP contribution in [0, 0.1) is 25.7 Å². The highest BCUT2D eigenvalue weighted by Crippen LogP contribution is 2.61. The molecule has 4 heterocycles. The van der Waals surface area contributed by atoms with E-state index in [1.165, 1.54) is 4.90 Å². The van der Waals surface area contributed by atoms with Crippen LogP contribution < -0.4 is 4.90 Å². The van der Waals surface area contributed by atoms with Crippen molar-refractivity contribution in [2.75, 3.05) is 38.2 Å². The fourth-order valence-corrected chi connectivity index (χ4v) is 7.84. The molecule has 0 saturated carbocycles. The summed E-state index contributed by atoms with van der Waals surface area (Å²) in [4.78, 5) is 46.2. The topological polar surface area (TPSA) is 81.2 Å². The Labute approximate surface area is 198 Å². The molecule has 5 atom stereocenters. The molecular formula is C25H29N3O4S. The number of thioether (sulfide) groups is 1. The van der Waals surface area contributed by atoms with E-state index in [1.54, 1.807) is 28.6 Å². The van der Waals surface area contributed by atoms with Crippen molar-refractivity contribution in [2.24, 2.45) is 11.8 Å². The molecule has 3 amide bonds. The number of benzene rings is 1. The molecule has 174 valence electrons. The van der Waals surface area contributed by atoms with Gasteiger partial charge in [-0.05, 0) is 31.0 Å². The van der Waals surface area contributed by atoms with Gasteiger partial charge in [0.05, 0.1) is 23.2 Å². The predicted molar refractivity (Wildman–Crippen MR) is 128 cm³/mol. The number of anilines is 1. The number of carbonyl (C=O) groups is 3. The van der Waals surface area contributed by atoms with Gasteiger partial charge < -0.3 is 19.8 Å². The number of nitrogens with zero attached hydrogens (tertiary/aromatic N) is 3. The molecule has 0 aromatic heterocycles. The van der Waals surface area contributed by atoms with Gasteiger partial charge in [0.15, 0.2) is 0 Å². The molecule has 4 aliphatic rings. The minimum Gasteiger partial charge on any atom is -0.395 e. The Morgan fingerprint density at radius 3 is 2.64 bits per heavy atom. The van der Waals surface area contributed by atoms with Crippen molar-refractivity contribution < 1.29 is 19.5 Å². The van der Waals surface area contributed by atoms with Crippen LogP contribution in [0.15, 0.2) is 42.5 Å². The SMILES string of the molecule is Cc1ccc(C)c(N2CC=C[C@]34S[C@H]5C=CCN(C)C(=O)[C@H]5[C@H]3C(=O)N(CCO)C4C2=O)c1. The second-order valence-electron chi connectivity index (χ2n) is 9.39. The summed E-state index contributed by atoms with van der Waals surface area (Å²) < 4.78 is -0.844. The van der Waals surface area contributed by atoms with Gasteiger partial charge in [-0.3, -0.25) is 14.4 Å². The first-order valence-corrected chi connectivity index (χ1v) is 12.2. The highest BCUT2D eigenvalue weighted by atomic mass is 32.2. The van der Waals surface area contributed by atoms with E-state index in [9.17, 15) is 19.5 Å². The maximum atomic E-state index is 14.2. The zero-order chi connectivity index (χ0) is 23.5. The van der Waals surface area contributed by atoms with E-state index >= 15 is 0 Å². The van der Waals surface area contributed by atoms with Gasteiger partial charge in [0.1, 0.15) is 6.04 Å². The van der Waals surface area contributed by atoms with Crippen LogP contribution in [0.2, 0.25) is 0 Å². The van der Waals surface area contributed by atoms with Crippen molar-refractivity contribution in [2.45, 2.75) is 29.9 Å². The maximum Gasteiger partial charge on any atom is 0.251 e. The van der Waals surface area contributed by atoms with Gasteiger partial charge in [0, 0.05) is 37.6 Å². The number of amides is 3. The van der Waals surface area contributed by atoms with Gasteiger partial charge >= 0.3 is 0 Å². The van der Waals surface area contributed by atoms with E-state index in [-0.39, 0.29) is 36.1 Å². The number of rotatable bonds is 3. The lowest BCUT2D eigenvalue weighted by Crippen LogP contribution is -2.54. The van der Waals surface area contributed by atoms with Crippen LogP contribution in [-0.4, -0.2) is 82.0 Å². The average Bonchev–Trinajstić information content (AvgIpc) is 3.10. The number of carbonyl (C=O) groups excluding carboxylic acids is 3. The zero-order valence-corrected chi connectivity index (χ0v) is 19.9. The molecule has 8 heteroatoms. The van der Waals surface area contributed by atoms with E-state index in [2.05, 4.69) is 0 Å². The molecule has 1 spiro atoms. The first kappa shape index (κ1) is 22.2. The number of aliphatic hydroxyl groups excluding tert-OH is 1. The summed E-state index contributed by atoms with van der Waals surface area (Å²) in [5.74, 6) is -1.60. The van der Waals surface area contributed by atoms with Crippen molar-refractivity contribution in [3.63, 3.8) is 0 Å². The molecule has 1 aromatic carbocycles. The number of likely N-dealkylation sites (N-methyl/N-ethyl adjacent to an activating group) is 1. The molecule has 0 aliphatic carbocycles. The molecule has 0 bridgehead atoms. The third-order valence-corrected chi connectivity index (χ3v) is 9.10. The van der Waals surface area contributed by atoms with Crippen molar-refractivity contribution in [1.29, 1.82) is 0 Å². The number of fused-ring (bicyclic) bond motifs is 2. The molecule has 0 radical (unpaired) electrons. The molecule has 1 aromatic rings. The summed E-state index contributed by atoms with van der Waals surface area (Å²) in [5.41, 5.74) is 2.86. The van der Waals surface area contributed by atoms with Gasteiger partial charge in [-0.1, -0.05) is 36.4 Å². The molecule has 33 heavy (non-hydrogen) atoms. The van der Waals surface area contributed by atoms with Crippen molar-refractivity contribution in [1.82, 2.24) is 9.80 Å². The first-order chi connectivity index (χ1) is 15.8. The van der Waals surface area contributed by atoms with Crippen LogP contribution in [0.25, 0.3) is 0 Å². The standard InChI is InChI=1S/C25H29N3O4S/c1-15-7-8-16(2)17(14-15)27-11-5-9-25-20(23(31)28(12-13-29)21(25)24(27)32)19-18(33-25)6-4-10-26(3)22(19)30/h4-9,14,18-21,29H,10-13H2,1-3H3/t18-,19+,20-,21?,25-/m0/s1. The van der Waals surface area contributed by atoms with Crippen LogP contribution in [-0.2, 0) is 14.4 Å². The molecular weight excluding hydrogens is 438 g/mol. The van der Waals surface area contributed by atoms with Crippen molar-refractivity contribution in [3.05, 3.63) is 53.6 Å². The Morgan fingerprint density at radius 2 is 1.88 bits per heavy atom. The molecule has 7 nitrogen and oxygen atoms in total. The number of β-amino-alcohol motifs (C(OH)–C–C–N with tert-alkyl or cyclic N) is 1. The average molecular weight is 468 g/mol. The lowest BCUT2D eigenvalue weighted by molar-refractivity contribution is -0.142. The Kier molecular flexibility index (Phi) is 5.40. The molecule has 2 fully saturated rings. The van der Waals surface area contributed by atoms with Crippen molar-refractivity contribution >= 4 is 35.2 Å². The van der Waals surface area contributed by atoms with Crippen LogP contribution in [0.1, 0.15) is 11.1 Å². The fraction of sp³-hybridized carbons (Fsp3) is 0.480. The summed E-state index contributed by atoms with van der Waals surface area (Å²) in [6, 6.07) is 5.24. The number of likely N-dealkylation sites (tertiary alicyclic amines) is 1. The van der Waals surface area contributed by atoms with Gasteiger partial charge in [0.25, 0.3) is 5.91 Å². The second-order valence-corrected chi connectivity index (χ2v) is 10.9. The third kappa shape index (κ3) is 3.18. The summed E-state index contributed by atoms with van der Waals surface area (Å²) in [6.45, 7) is 4.71. The first-order valence-electron chi connectivity index (χ1n) is 11.4. The highest BCUT2D eigenvalue weighted by Gasteiger charge is 2.70. The predicted octanol–water partition coefficient (Wildman–Crippen LogP) is 1.52. The van der Waals surface area contributed by atoms with Crippen LogP contribution in [0.3, 0.4) is 0 Å².